The molecule has 1 rings (SSSR count). The van der Waals surface area contributed by atoms with Crippen molar-refractivity contribution < 1.29 is 14.3 Å². The molecule has 0 aromatic heterocycles. The van der Waals surface area contributed by atoms with Crippen LogP contribution in [0.25, 0.3) is 0 Å². The molecular formula is C17H26O3. The molecule has 0 atom stereocenters. The van der Waals surface area contributed by atoms with Crippen molar-refractivity contribution in [1.82, 2.24) is 0 Å². The second-order valence-corrected chi connectivity index (χ2v) is 5.70. The number of ether oxygens (including phenoxy) is 2. The predicted molar refractivity (Wildman–Crippen MR) is 80.6 cm³/mol. The highest BCUT2D eigenvalue weighted by atomic mass is 16.7. The largest absolute Gasteiger partial charge is 0.349 e. The van der Waals surface area contributed by atoms with Crippen LogP contribution in [0.5, 0.6) is 0 Å². The Bertz CT molecular complexity index is 389. The molecule has 0 saturated heterocycles. The van der Waals surface area contributed by atoms with E-state index in [4.69, 9.17) is 9.47 Å². The number of carbonyl (C=O) groups excluding carboxylic acids is 1. The SMILES string of the molecule is CCOC(OCC)c1ccc(CC(C)(C)CC=O)cc1. The number of rotatable bonds is 9. The van der Waals surface area contributed by atoms with Gasteiger partial charge in [0.25, 0.3) is 0 Å². The van der Waals surface area contributed by atoms with E-state index in [1.54, 1.807) is 0 Å². The minimum atomic E-state index is -0.290. The summed E-state index contributed by atoms with van der Waals surface area (Å²) in [4.78, 5) is 10.7. The van der Waals surface area contributed by atoms with Crippen molar-refractivity contribution in [3.05, 3.63) is 35.4 Å². The Morgan fingerprint density at radius 3 is 2.10 bits per heavy atom. The molecule has 0 N–H and O–H groups in total. The summed E-state index contributed by atoms with van der Waals surface area (Å²) in [6.45, 7) is 9.39. The Labute approximate surface area is 122 Å². The van der Waals surface area contributed by atoms with E-state index >= 15 is 0 Å². The van der Waals surface area contributed by atoms with Crippen molar-refractivity contribution in [1.29, 1.82) is 0 Å². The minimum absolute atomic E-state index is 0.00249. The summed E-state index contributed by atoms with van der Waals surface area (Å²) in [6, 6.07) is 8.27. The van der Waals surface area contributed by atoms with Crippen molar-refractivity contribution in [2.45, 2.75) is 46.8 Å². The Hall–Kier alpha value is -1.19. The van der Waals surface area contributed by atoms with Crippen LogP contribution in [-0.4, -0.2) is 19.5 Å². The number of carbonyl (C=O) groups is 1. The monoisotopic (exact) mass is 278 g/mol. The molecule has 0 aliphatic rings. The third-order valence-electron chi connectivity index (χ3n) is 3.21. The average Bonchev–Trinajstić information content (AvgIpc) is 2.39. The molecule has 3 nitrogen and oxygen atoms in total. The number of hydrogen-bond acceptors (Lipinski definition) is 3. The van der Waals surface area contributed by atoms with Crippen LogP contribution in [0.1, 0.15) is 51.5 Å². The molecule has 0 spiro atoms. The zero-order valence-corrected chi connectivity index (χ0v) is 13.0. The van der Waals surface area contributed by atoms with E-state index in [0.29, 0.717) is 19.6 Å². The normalized spacial score (nSPS) is 11.8. The van der Waals surface area contributed by atoms with E-state index in [0.717, 1.165) is 18.3 Å². The summed E-state index contributed by atoms with van der Waals surface area (Å²) in [6.07, 6.45) is 2.17. The summed E-state index contributed by atoms with van der Waals surface area (Å²) in [7, 11) is 0. The van der Waals surface area contributed by atoms with Crippen LogP contribution in [0.15, 0.2) is 24.3 Å². The number of aldehydes is 1. The highest BCUT2D eigenvalue weighted by molar-refractivity contribution is 5.50. The first-order chi connectivity index (χ1) is 9.52. The van der Waals surface area contributed by atoms with E-state index in [9.17, 15) is 4.79 Å². The van der Waals surface area contributed by atoms with Crippen LogP contribution < -0.4 is 0 Å². The molecule has 3 heteroatoms. The molecule has 112 valence electrons. The maximum Gasteiger partial charge on any atom is 0.183 e. The summed E-state index contributed by atoms with van der Waals surface area (Å²) in [5.74, 6) is 0. The standard InChI is InChI=1S/C17H26O3/c1-5-19-16(20-6-2)15-9-7-14(8-10-15)13-17(3,4)11-12-18/h7-10,12,16H,5-6,11,13H2,1-4H3. The highest BCUT2D eigenvalue weighted by Gasteiger charge is 2.18. The van der Waals surface area contributed by atoms with Gasteiger partial charge in [0.15, 0.2) is 6.29 Å². The molecule has 0 aliphatic heterocycles. The van der Waals surface area contributed by atoms with Gasteiger partial charge in [-0.15, -0.1) is 0 Å². The van der Waals surface area contributed by atoms with E-state index in [1.807, 2.05) is 26.0 Å². The maximum atomic E-state index is 10.7. The quantitative estimate of drug-likeness (QED) is 0.507. The third kappa shape index (κ3) is 5.43. The van der Waals surface area contributed by atoms with Crippen molar-refractivity contribution in [2.24, 2.45) is 5.41 Å². The molecule has 0 saturated carbocycles. The molecule has 0 fully saturated rings. The lowest BCUT2D eigenvalue weighted by molar-refractivity contribution is -0.140. The van der Waals surface area contributed by atoms with E-state index < -0.39 is 0 Å². The molecule has 0 unspecified atom stereocenters. The maximum absolute atomic E-state index is 10.7. The average molecular weight is 278 g/mol. The van der Waals surface area contributed by atoms with Gasteiger partial charge in [-0.05, 0) is 31.2 Å². The van der Waals surface area contributed by atoms with Gasteiger partial charge in [0.1, 0.15) is 6.29 Å². The van der Waals surface area contributed by atoms with Gasteiger partial charge < -0.3 is 14.3 Å². The van der Waals surface area contributed by atoms with Gasteiger partial charge in [0.05, 0.1) is 0 Å². The zero-order valence-electron chi connectivity index (χ0n) is 13.0. The van der Waals surface area contributed by atoms with Gasteiger partial charge in [0, 0.05) is 25.2 Å². The number of hydrogen-bond donors (Lipinski definition) is 0. The Balaban J connectivity index is 2.74. The van der Waals surface area contributed by atoms with Gasteiger partial charge in [0.2, 0.25) is 0 Å². The summed E-state index contributed by atoms with van der Waals surface area (Å²) in [5.41, 5.74) is 2.26. The molecule has 20 heavy (non-hydrogen) atoms. The third-order valence-corrected chi connectivity index (χ3v) is 3.21. The van der Waals surface area contributed by atoms with Crippen LogP contribution in [0.4, 0.5) is 0 Å². The summed E-state index contributed by atoms with van der Waals surface area (Å²) >= 11 is 0. The molecule has 0 amide bonds. The van der Waals surface area contributed by atoms with Crippen LogP contribution in [0.2, 0.25) is 0 Å². The topological polar surface area (TPSA) is 35.5 Å². The van der Waals surface area contributed by atoms with Crippen LogP contribution >= 0.6 is 0 Å². The lowest BCUT2D eigenvalue weighted by atomic mass is 9.83. The fraction of sp³-hybridized carbons (Fsp3) is 0.588. The second kappa shape index (κ2) is 8.18. The summed E-state index contributed by atoms with van der Waals surface area (Å²) < 4.78 is 11.2. The zero-order chi connectivity index (χ0) is 15.0. The van der Waals surface area contributed by atoms with Gasteiger partial charge in [-0.2, -0.15) is 0 Å². The first-order valence-corrected chi connectivity index (χ1v) is 7.28. The first kappa shape index (κ1) is 16.9. The lowest BCUT2D eigenvalue weighted by Gasteiger charge is -2.22. The Morgan fingerprint density at radius 1 is 1.10 bits per heavy atom. The van der Waals surface area contributed by atoms with Crippen molar-refractivity contribution in [3.8, 4) is 0 Å². The van der Waals surface area contributed by atoms with Gasteiger partial charge in [-0.25, -0.2) is 0 Å². The molecule has 0 aliphatic carbocycles. The van der Waals surface area contributed by atoms with Gasteiger partial charge in [-0.3, -0.25) is 0 Å². The Kier molecular flexibility index (Phi) is 6.89. The van der Waals surface area contributed by atoms with E-state index in [1.165, 1.54) is 5.56 Å². The van der Waals surface area contributed by atoms with Crippen molar-refractivity contribution in [2.75, 3.05) is 13.2 Å². The molecule has 1 aromatic carbocycles. The first-order valence-electron chi connectivity index (χ1n) is 7.28. The molecule has 0 radical (unpaired) electrons. The highest BCUT2D eigenvalue weighted by Crippen LogP contribution is 2.26. The lowest BCUT2D eigenvalue weighted by Crippen LogP contribution is -2.15. The van der Waals surface area contributed by atoms with Crippen LogP contribution in [-0.2, 0) is 20.7 Å². The van der Waals surface area contributed by atoms with Crippen LogP contribution in [0, 0.1) is 5.41 Å². The van der Waals surface area contributed by atoms with Gasteiger partial charge >= 0.3 is 0 Å². The van der Waals surface area contributed by atoms with Crippen LogP contribution in [0.3, 0.4) is 0 Å². The van der Waals surface area contributed by atoms with E-state index in [2.05, 4.69) is 26.0 Å². The van der Waals surface area contributed by atoms with Gasteiger partial charge in [-0.1, -0.05) is 38.1 Å². The number of benzene rings is 1. The fourth-order valence-electron chi connectivity index (χ4n) is 2.19. The second-order valence-electron chi connectivity index (χ2n) is 5.70. The minimum Gasteiger partial charge on any atom is -0.349 e. The predicted octanol–water partition coefficient (Wildman–Crippen LogP) is 3.92. The fourth-order valence-corrected chi connectivity index (χ4v) is 2.19. The summed E-state index contributed by atoms with van der Waals surface area (Å²) in [5, 5.41) is 0. The molecule has 0 heterocycles. The Morgan fingerprint density at radius 2 is 1.65 bits per heavy atom. The van der Waals surface area contributed by atoms with Crippen molar-refractivity contribution in [3.63, 3.8) is 0 Å². The molecule has 0 bridgehead atoms. The molecular weight excluding hydrogens is 252 g/mol. The van der Waals surface area contributed by atoms with E-state index in [-0.39, 0.29) is 11.7 Å². The van der Waals surface area contributed by atoms with Crippen molar-refractivity contribution >= 4 is 6.29 Å². The smallest absolute Gasteiger partial charge is 0.183 e. The molecule has 1 aromatic rings.